The Morgan fingerprint density at radius 2 is 2.28 bits per heavy atom. The summed E-state index contributed by atoms with van der Waals surface area (Å²) in [4.78, 5) is 8.83. The quantitative estimate of drug-likeness (QED) is 0.766. The minimum absolute atomic E-state index is 0.595. The molecule has 4 rings (SSSR count). The zero-order chi connectivity index (χ0) is 11.9. The lowest BCUT2D eigenvalue weighted by Crippen LogP contribution is -2.39. The molecule has 0 amide bonds. The second-order valence-corrected chi connectivity index (χ2v) is 5.35. The number of fused-ring (bicyclic) bond motifs is 1. The van der Waals surface area contributed by atoms with E-state index in [2.05, 4.69) is 15.7 Å². The molecule has 18 heavy (non-hydrogen) atoms. The van der Waals surface area contributed by atoms with Gasteiger partial charge in [0, 0.05) is 30.0 Å². The van der Waals surface area contributed by atoms with Crippen molar-refractivity contribution < 1.29 is 4.42 Å². The first-order chi connectivity index (χ1) is 8.90. The first kappa shape index (κ1) is 10.2. The van der Waals surface area contributed by atoms with Gasteiger partial charge < -0.3 is 9.73 Å². The number of thiazole rings is 1. The van der Waals surface area contributed by atoms with Crippen LogP contribution in [0.2, 0.25) is 0 Å². The van der Waals surface area contributed by atoms with Gasteiger partial charge in [-0.15, -0.1) is 11.3 Å². The van der Waals surface area contributed by atoms with Crippen molar-refractivity contribution >= 4 is 22.4 Å². The predicted octanol–water partition coefficient (Wildman–Crippen LogP) is 2.64. The molecule has 0 unspecified atom stereocenters. The van der Waals surface area contributed by atoms with Crippen LogP contribution in [0.15, 0.2) is 34.4 Å². The highest BCUT2D eigenvalue weighted by molar-refractivity contribution is 7.10. The Bertz CT molecular complexity index is 699. The monoisotopic (exact) mass is 257 g/mol. The maximum Gasteiger partial charge on any atom is 0.181 e. The molecule has 0 saturated carbocycles. The number of aromatic nitrogens is 2. The summed E-state index contributed by atoms with van der Waals surface area (Å²) in [7, 11) is 0. The van der Waals surface area contributed by atoms with Crippen LogP contribution in [0.1, 0.15) is 10.9 Å². The van der Waals surface area contributed by atoms with Crippen molar-refractivity contribution in [1.82, 2.24) is 15.3 Å². The number of hydrogen-bond acceptors (Lipinski definition) is 5. The Balaban J connectivity index is 1.74. The Hall–Kier alpha value is -1.72. The fraction of sp³-hybridized carbons (Fsp3) is 0.231. The summed E-state index contributed by atoms with van der Waals surface area (Å²) in [5.74, 6) is 0.595. The van der Waals surface area contributed by atoms with Crippen molar-refractivity contribution in [3.63, 3.8) is 0 Å². The van der Waals surface area contributed by atoms with Crippen LogP contribution in [0, 0.1) is 0 Å². The van der Waals surface area contributed by atoms with E-state index in [0.717, 1.165) is 35.4 Å². The number of oxazole rings is 1. The van der Waals surface area contributed by atoms with E-state index in [0.29, 0.717) is 5.92 Å². The minimum atomic E-state index is 0.595. The van der Waals surface area contributed by atoms with Crippen molar-refractivity contribution in [2.75, 3.05) is 13.1 Å². The number of nitrogens with one attached hydrogen (secondary N) is 1. The van der Waals surface area contributed by atoms with Gasteiger partial charge in [-0.05, 0) is 12.1 Å². The molecule has 1 saturated heterocycles. The van der Waals surface area contributed by atoms with Gasteiger partial charge in [0.05, 0.1) is 10.7 Å². The van der Waals surface area contributed by atoms with Crippen LogP contribution >= 0.6 is 11.3 Å². The van der Waals surface area contributed by atoms with Crippen molar-refractivity contribution in [1.29, 1.82) is 0 Å². The van der Waals surface area contributed by atoms with E-state index in [1.807, 2.05) is 18.2 Å². The third-order valence-electron chi connectivity index (χ3n) is 3.28. The van der Waals surface area contributed by atoms with E-state index in [1.54, 1.807) is 11.3 Å². The minimum Gasteiger partial charge on any atom is -0.443 e. The predicted molar refractivity (Wildman–Crippen MR) is 70.7 cm³/mol. The zero-order valence-corrected chi connectivity index (χ0v) is 10.4. The third-order valence-corrected chi connectivity index (χ3v) is 4.29. The van der Waals surface area contributed by atoms with Gasteiger partial charge in [-0.25, -0.2) is 9.97 Å². The molecular weight excluding hydrogens is 246 g/mol. The molecule has 0 aliphatic carbocycles. The van der Waals surface area contributed by atoms with Crippen molar-refractivity contribution in [3.05, 3.63) is 35.0 Å². The van der Waals surface area contributed by atoms with Gasteiger partial charge >= 0.3 is 0 Å². The molecular formula is C13H11N3OS. The van der Waals surface area contributed by atoms with E-state index in [1.165, 1.54) is 11.4 Å². The Kier molecular flexibility index (Phi) is 2.21. The number of benzene rings is 1. The van der Waals surface area contributed by atoms with E-state index >= 15 is 0 Å². The van der Waals surface area contributed by atoms with Crippen LogP contribution in [0.4, 0.5) is 0 Å². The third kappa shape index (κ3) is 1.55. The lowest BCUT2D eigenvalue weighted by molar-refractivity contribution is 0.447. The first-order valence-electron chi connectivity index (χ1n) is 5.90. The smallest absolute Gasteiger partial charge is 0.181 e. The molecule has 0 spiro atoms. The average Bonchev–Trinajstić information content (AvgIpc) is 2.93. The summed E-state index contributed by atoms with van der Waals surface area (Å²) in [6.07, 6.45) is 1.47. The molecule has 4 nitrogen and oxygen atoms in total. The summed E-state index contributed by atoms with van der Waals surface area (Å²) < 4.78 is 5.32. The maximum absolute atomic E-state index is 5.32. The Morgan fingerprint density at radius 1 is 1.33 bits per heavy atom. The lowest BCUT2D eigenvalue weighted by atomic mass is 10.1. The first-order valence-corrected chi connectivity index (χ1v) is 6.78. The van der Waals surface area contributed by atoms with Gasteiger partial charge in [0.15, 0.2) is 12.0 Å². The van der Waals surface area contributed by atoms with E-state index < -0.39 is 0 Å². The largest absolute Gasteiger partial charge is 0.443 e. The van der Waals surface area contributed by atoms with Crippen LogP contribution in [-0.4, -0.2) is 23.1 Å². The molecule has 0 radical (unpaired) electrons. The van der Waals surface area contributed by atoms with E-state index in [4.69, 9.17) is 9.40 Å². The van der Waals surface area contributed by atoms with Crippen molar-refractivity contribution in [2.45, 2.75) is 5.92 Å². The SMILES string of the molecule is c1nc2ccc(-c3csc(C4CNC4)n3)cc2o1. The Labute approximate surface area is 108 Å². The van der Waals surface area contributed by atoms with Crippen molar-refractivity contribution in [3.8, 4) is 11.3 Å². The molecule has 3 heterocycles. The fourth-order valence-corrected chi connectivity index (χ4v) is 3.02. The van der Waals surface area contributed by atoms with Crippen LogP contribution in [0.25, 0.3) is 22.4 Å². The number of nitrogens with zero attached hydrogens (tertiary/aromatic N) is 2. The molecule has 5 heteroatoms. The summed E-state index contributed by atoms with van der Waals surface area (Å²) in [6, 6.07) is 6.01. The van der Waals surface area contributed by atoms with Crippen LogP contribution in [0.5, 0.6) is 0 Å². The average molecular weight is 257 g/mol. The molecule has 1 N–H and O–H groups in total. The molecule has 2 aromatic heterocycles. The second kappa shape index (κ2) is 3.90. The summed E-state index contributed by atoms with van der Waals surface area (Å²) >= 11 is 1.74. The lowest BCUT2D eigenvalue weighted by Gasteiger charge is -2.24. The normalized spacial score (nSPS) is 16.0. The van der Waals surface area contributed by atoms with E-state index in [9.17, 15) is 0 Å². The highest BCUT2D eigenvalue weighted by Crippen LogP contribution is 2.29. The van der Waals surface area contributed by atoms with Gasteiger partial charge in [0.2, 0.25) is 0 Å². The fourth-order valence-electron chi connectivity index (χ4n) is 2.09. The highest BCUT2D eigenvalue weighted by atomic mass is 32.1. The molecule has 1 aliphatic rings. The molecule has 1 fully saturated rings. The molecule has 0 atom stereocenters. The van der Waals surface area contributed by atoms with Crippen molar-refractivity contribution in [2.24, 2.45) is 0 Å². The standard InChI is InChI=1S/C13H11N3OS/c1-2-10-12(17-7-15-10)3-8(1)11-6-18-13(16-11)9-4-14-5-9/h1-3,6-7,9,14H,4-5H2. The van der Waals surface area contributed by atoms with Gasteiger partial charge in [0.25, 0.3) is 0 Å². The molecule has 1 aromatic carbocycles. The van der Waals surface area contributed by atoms with Gasteiger partial charge in [-0.3, -0.25) is 0 Å². The van der Waals surface area contributed by atoms with Gasteiger partial charge in [-0.2, -0.15) is 0 Å². The molecule has 0 bridgehead atoms. The number of rotatable bonds is 2. The molecule has 1 aliphatic heterocycles. The van der Waals surface area contributed by atoms with Crippen LogP contribution in [0.3, 0.4) is 0 Å². The topological polar surface area (TPSA) is 51.0 Å². The van der Waals surface area contributed by atoms with Crippen LogP contribution < -0.4 is 5.32 Å². The number of hydrogen-bond donors (Lipinski definition) is 1. The second-order valence-electron chi connectivity index (χ2n) is 4.46. The Morgan fingerprint density at radius 3 is 3.11 bits per heavy atom. The summed E-state index contributed by atoms with van der Waals surface area (Å²) in [6.45, 7) is 2.10. The molecule has 90 valence electrons. The molecule has 3 aromatic rings. The highest BCUT2D eigenvalue weighted by Gasteiger charge is 2.22. The van der Waals surface area contributed by atoms with Gasteiger partial charge in [-0.1, -0.05) is 6.07 Å². The maximum atomic E-state index is 5.32. The summed E-state index contributed by atoms with van der Waals surface area (Å²) in [5, 5.41) is 6.61. The van der Waals surface area contributed by atoms with Crippen LogP contribution in [-0.2, 0) is 0 Å². The summed E-state index contributed by atoms with van der Waals surface area (Å²) in [5.41, 5.74) is 3.82. The van der Waals surface area contributed by atoms with Gasteiger partial charge in [0.1, 0.15) is 5.52 Å². The van der Waals surface area contributed by atoms with E-state index in [-0.39, 0.29) is 0 Å². The zero-order valence-electron chi connectivity index (χ0n) is 9.59.